The largest absolute Gasteiger partial charge is 0.472 e. The molecule has 57 heavy (non-hydrogen) atoms. The molecule has 0 saturated heterocycles. The first kappa shape index (κ1) is 54.3. The van der Waals surface area contributed by atoms with E-state index in [0.29, 0.717) is 12.8 Å². The summed E-state index contributed by atoms with van der Waals surface area (Å²) in [5.74, 6) is -1.24. The number of hydrogen-bond donors (Lipinski definition) is 5. The van der Waals surface area contributed by atoms with E-state index in [1.54, 1.807) is 0 Å². The van der Waals surface area contributed by atoms with E-state index >= 15 is 0 Å². The van der Waals surface area contributed by atoms with Crippen LogP contribution >= 0.6 is 7.82 Å². The molecule has 0 aliphatic carbocycles. The number of carbonyl (C=O) groups excluding carboxylic acids is 2. The van der Waals surface area contributed by atoms with E-state index in [-0.39, 0.29) is 32.1 Å². The van der Waals surface area contributed by atoms with Crippen molar-refractivity contribution in [2.45, 2.75) is 167 Å². The molecule has 0 aliphatic heterocycles. The molecule has 0 aromatic heterocycles. The Morgan fingerprint density at radius 1 is 0.596 bits per heavy atom. The Kier molecular flexibility index (Phi) is 37.0. The van der Waals surface area contributed by atoms with Crippen LogP contribution in [-0.2, 0) is 32.7 Å². The highest BCUT2D eigenvalue weighted by Gasteiger charge is 2.27. The van der Waals surface area contributed by atoms with Crippen molar-refractivity contribution in [3.8, 4) is 0 Å². The van der Waals surface area contributed by atoms with Crippen LogP contribution in [0.4, 0.5) is 0 Å². The van der Waals surface area contributed by atoms with Gasteiger partial charge in [0.25, 0.3) is 0 Å². The maximum atomic E-state index is 12.6. The van der Waals surface area contributed by atoms with E-state index in [2.05, 4.69) is 73.1 Å². The average molecular weight is 827 g/mol. The van der Waals surface area contributed by atoms with Gasteiger partial charge in [-0.05, 0) is 83.5 Å². The van der Waals surface area contributed by atoms with Crippen LogP contribution in [0.2, 0.25) is 0 Å². The van der Waals surface area contributed by atoms with E-state index in [9.17, 15) is 34.4 Å². The summed E-state index contributed by atoms with van der Waals surface area (Å²) >= 11 is 0. The minimum absolute atomic E-state index is 0.0815. The molecule has 5 atom stereocenters. The fraction of sp³-hybridized carbons (Fsp3) is 0.682. The zero-order valence-corrected chi connectivity index (χ0v) is 35.6. The average Bonchev–Trinajstić information content (AvgIpc) is 3.19. The Labute approximate surface area is 343 Å². The van der Waals surface area contributed by atoms with Crippen molar-refractivity contribution in [1.82, 2.24) is 0 Å². The monoisotopic (exact) mass is 826 g/mol. The quantitative estimate of drug-likeness (QED) is 0.0172. The second-order valence-corrected chi connectivity index (χ2v) is 15.4. The summed E-state index contributed by atoms with van der Waals surface area (Å²) in [6.07, 6.45) is 36.1. The fourth-order valence-corrected chi connectivity index (χ4v) is 5.96. The molecule has 1 unspecified atom stereocenters. The van der Waals surface area contributed by atoms with Crippen LogP contribution in [0.25, 0.3) is 0 Å². The molecule has 0 amide bonds. The molecule has 12 nitrogen and oxygen atoms in total. The number of esters is 2. The van der Waals surface area contributed by atoms with Gasteiger partial charge in [-0.15, -0.1) is 0 Å². The molecular formula is C44H75O12P. The predicted octanol–water partition coefficient (Wildman–Crippen LogP) is 8.83. The molecule has 328 valence electrons. The first-order valence-electron chi connectivity index (χ1n) is 21.1. The number of unbranched alkanes of at least 4 members (excludes halogenated alkanes) is 8. The predicted molar refractivity (Wildman–Crippen MR) is 226 cm³/mol. The molecule has 0 fully saturated rings. The van der Waals surface area contributed by atoms with Gasteiger partial charge in [0.15, 0.2) is 6.10 Å². The molecule has 0 saturated carbocycles. The van der Waals surface area contributed by atoms with Crippen molar-refractivity contribution in [3.05, 3.63) is 72.9 Å². The molecule has 5 N–H and O–H groups in total. The highest BCUT2D eigenvalue weighted by Crippen LogP contribution is 2.43. The lowest BCUT2D eigenvalue weighted by molar-refractivity contribution is -0.161. The highest BCUT2D eigenvalue weighted by atomic mass is 31.2. The number of rotatable bonds is 38. The Hall–Kier alpha value is -2.67. The Bertz CT molecular complexity index is 1210. The third kappa shape index (κ3) is 37.4. The standard InChI is InChI=1S/C44H75O12P/c1-3-5-7-9-11-13-15-17-18-19-21-23-25-27-29-33-44(50)56-40(38-55-57(51,52)54-36-39(46)35-45)37-53-43(49)34-30-32-42(48)41(47)31-28-26-24-22-20-16-14-12-10-8-6-4-2/h6,8,11-14,17-18,20,22,26,28,39-42,45-48H,3-5,7,9-10,15-16,19,21,23-25,27,29-38H2,1-2H3,(H,51,52)/b8-6-,13-11-,14-12-,18-17-,22-20-,28-26-/t39-,40+,41-,42-/m0/s1. The van der Waals surface area contributed by atoms with Crippen LogP contribution in [-0.4, -0.2) is 88.1 Å². The Balaban J connectivity index is 4.60. The Morgan fingerprint density at radius 3 is 1.74 bits per heavy atom. The number of ether oxygens (including phenoxy) is 2. The van der Waals surface area contributed by atoms with Crippen LogP contribution in [0.1, 0.15) is 142 Å². The molecule has 0 rings (SSSR count). The van der Waals surface area contributed by atoms with Gasteiger partial charge in [0.05, 0.1) is 32.0 Å². The molecule has 0 heterocycles. The molecular weight excluding hydrogens is 751 g/mol. The van der Waals surface area contributed by atoms with Gasteiger partial charge >= 0.3 is 19.8 Å². The van der Waals surface area contributed by atoms with Gasteiger partial charge in [-0.1, -0.05) is 119 Å². The lowest BCUT2D eigenvalue weighted by atomic mass is 10.0. The number of hydrogen-bond acceptors (Lipinski definition) is 11. The summed E-state index contributed by atoms with van der Waals surface area (Å²) in [5.41, 5.74) is 0. The summed E-state index contributed by atoms with van der Waals surface area (Å²) in [4.78, 5) is 35.0. The molecule has 0 aromatic rings. The zero-order valence-electron chi connectivity index (χ0n) is 34.7. The SMILES string of the molecule is CC/C=C\C/C=C\C/C=C\C/C=C\C[C@H](O)[C@@H](O)CCCC(=O)OC[C@H](COP(=O)(O)OC[C@@H](O)CO)OC(=O)CCCCCCC/C=C\C/C=C\CCCCC. The zero-order chi connectivity index (χ0) is 42.2. The summed E-state index contributed by atoms with van der Waals surface area (Å²) in [6.45, 7) is 1.87. The van der Waals surface area contributed by atoms with Gasteiger partial charge in [-0.2, -0.15) is 0 Å². The fourth-order valence-electron chi connectivity index (χ4n) is 5.17. The van der Waals surface area contributed by atoms with Gasteiger partial charge in [0, 0.05) is 12.8 Å². The van der Waals surface area contributed by atoms with Gasteiger partial charge in [-0.25, -0.2) is 4.57 Å². The second-order valence-electron chi connectivity index (χ2n) is 13.9. The van der Waals surface area contributed by atoms with Crippen LogP contribution < -0.4 is 0 Å². The maximum Gasteiger partial charge on any atom is 0.472 e. The number of aliphatic hydroxyl groups excluding tert-OH is 4. The van der Waals surface area contributed by atoms with Crippen LogP contribution in [0.15, 0.2) is 72.9 Å². The lowest BCUT2D eigenvalue weighted by Gasteiger charge is -2.20. The third-order valence-electron chi connectivity index (χ3n) is 8.55. The van der Waals surface area contributed by atoms with E-state index in [0.717, 1.165) is 64.2 Å². The van der Waals surface area contributed by atoms with E-state index in [1.807, 2.05) is 18.2 Å². The van der Waals surface area contributed by atoms with Gasteiger partial charge < -0.3 is 34.8 Å². The van der Waals surface area contributed by atoms with Crippen molar-refractivity contribution in [3.63, 3.8) is 0 Å². The second kappa shape index (κ2) is 38.8. The normalized spacial score (nSPS) is 15.7. The van der Waals surface area contributed by atoms with Crippen molar-refractivity contribution in [2.24, 2.45) is 0 Å². The van der Waals surface area contributed by atoms with E-state index < -0.39 is 70.6 Å². The molecule has 0 aliphatic rings. The molecule has 0 aromatic carbocycles. The van der Waals surface area contributed by atoms with Gasteiger partial charge in [0.2, 0.25) is 0 Å². The summed E-state index contributed by atoms with van der Waals surface area (Å²) in [7, 11) is -4.69. The van der Waals surface area contributed by atoms with Gasteiger partial charge in [-0.3, -0.25) is 18.6 Å². The third-order valence-corrected chi connectivity index (χ3v) is 9.50. The molecule has 13 heteroatoms. The minimum atomic E-state index is -4.69. The summed E-state index contributed by atoms with van der Waals surface area (Å²) in [5, 5.41) is 39.0. The topological polar surface area (TPSA) is 189 Å². The number of aliphatic hydroxyl groups is 4. The number of phosphoric ester groups is 1. The highest BCUT2D eigenvalue weighted by molar-refractivity contribution is 7.47. The molecule has 0 bridgehead atoms. The minimum Gasteiger partial charge on any atom is -0.462 e. The first-order chi connectivity index (χ1) is 27.5. The number of carbonyl (C=O) groups is 2. The van der Waals surface area contributed by atoms with E-state index in [1.165, 1.54) is 19.3 Å². The number of allylic oxidation sites excluding steroid dienone is 11. The van der Waals surface area contributed by atoms with Crippen LogP contribution in [0.3, 0.4) is 0 Å². The van der Waals surface area contributed by atoms with Crippen LogP contribution in [0.5, 0.6) is 0 Å². The maximum absolute atomic E-state index is 12.6. The molecule has 0 radical (unpaired) electrons. The van der Waals surface area contributed by atoms with Crippen LogP contribution in [0, 0.1) is 0 Å². The first-order valence-corrected chi connectivity index (χ1v) is 22.6. The summed E-state index contributed by atoms with van der Waals surface area (Å²) < 4.78 is 32.5. The lowest BCUT2D eigenvalue weighted by Crippen LogP contribution is -2.30. The number of phosphoric acid groups is 1. The van der Waals surface area contributed by atoms with Crippen molar-refractivity contribution >= 4 is 19.8 Å². The smallest absolute Gasteiger partial charge is 0.462 e. The molecule has 0 spiro atoms. The van der Waals surface area contributed by atoms with Crippen molar-refractivity contribution < 1.29 is 58.0 Å². The van der Waals surface area contributed by atoms with Crippen molar-refractivity contribution in [2.75, 3.05) is 26.4 Å². The summed E-state index contributed by atoms with van der Waals surface area (Å²) in [6, 6.07) is 0. The Morgan fingerprint density at radius 2 is 1.12 bits per heavy atom. The van der Waals surface area contributed by atoms with Crippen molar-refractivity contribution in [1.29, 1.82) is 0 Å². The van der Waals surface area contributed by atoms with E-state index in [4.69, 9.17) is 19.1 Å². The van der Waals surface area contributed by atoms with Gasteiger partial charge in [0.1, 0.15) is 12.7 Å².